The van der Waals surface area contributed by atoms with Crippen LogP contribution in [0.25, 0.3) is 0 Å². The molecule has 0 heterocycles. The zero-order valence-electron chi connectivity index (χ0n) is 9.84. The van der Waals surface area contributed by atoms with E-state index in [2.05, 4.69) is 20.8 Å². The van der Waals surface area contributed by atoms with E-state index in [4.69, 9.17) is 0 Å². The lowest BCUT2D eigenvalue weighted by Crippen LogP contribution is -2.44. The molecule has 0 radical (unpaired) electrons. The molecule has 0 bridgehead atoms. The molecule has 82 valence electrons. The van der Waals surface area contributed by atoms with Crippen molar-refractivity contribution in [3.8, 4) is 0 Å². The maximum atomic E-state index is 10.6. The maximum absolute atomic E-state index is 10.6. The Kier molecular flexibility index (Phi) is 2.42. The Balaban J connectivity index is 1.98. The third-order valence-corrected chi connectivity index (χ3v) is 4.35. The van der Waals surface area contributed by atoms with Gasteiger partial charge in [-0.3, -0.25) is 0 Å². The van der Waals surface area contributed by atoms with E-state index in [1.54, 1.807) is 0 Å². The fourth-order valence-electron chi connectivity index (χ4n) is 3.05. The Bertz CT molecular complexity index is 217. The molecule has 2 unspecified atom stereocenters. The van der Waals surface area contributed by atoms with Crippen LogP contribution in [0, 0.1) is 17.3 Å². The van der Waals surface area contributed by atoms with E-state index in [0.717, 1.165) is 18.8 Å². The number of aliphatic hydroxyl groups is 1. The first-order chi connectivity index (χ1) is 6.41. The highest BCUT2D eigenvalue weighted by Crippen LogP contribution is 2.49. The van der Waals surface area contributed by atoms with Crippen molar-refractivity contribution >= 4 is 0 Å². The van der Waals surface area contributed by atoms with Crippen LogP contribution in [-0.4, -0.2) is 10.7 Å². The standard InChI is InChI=1S/C13H24O/c1-10-8-12(2,3)6-7-13(10,14)9-11-4-5-11/h10-11,14H,4-9H2,1-3H3. The van der Waals surface area contributed by atoms with Gasteiger partial charge in [0.05, 0.1) is 5.60 Å². The van der Waals surface area contributed by atoms with Gasteiger partial charge in [0.1, 0.15) is 0 Å². The fraction of sp³-hybridized carbons (Fsp3) is 1.00. The molecule has 0 saturated heterocycles. The fourth-order valence-corrected chi connectivity index (χ4v) is 3.05. The van der Waals surface area contributed by atoms with Gasteiger partial charge in [-0.15, -0.1) is 0 Å². The second kappa shape index (κ2) is 3.23. The summed E-state index contributed by atoms with van der Waals surface area (Å²) in [5.41, 5.74) is 0.131. The number of hydrogen-bond donors (Lipinski definition) is 1. The lowest BCUT2D eigenvalue weighted by Gasteiger charge is -2.45. The quantitative estimate of drug-likeness (QED) is 0.718. The van der Waals surface area contributed by atoms with E-state index in [1.165, 1.54) is 25.7 Å². The van der Waals surface area contributed by atoms with Crippen LogP contribution in [0.2, 0.25) is 0 Å². The van der Waals surface area contributed by atoms with Crippen molar-refractivity contribution in [2.45, 2.75) is 64.9 Å². The largest absolute Gasteiger partial charge is 0.390 e. The molecule has 2 fully saturated rings. The molecule has 0 spiro atoms. The van der Waals surface area contributed by atoms with Crippen LogP contribution in [0.4, 0.5) is 0 Å². The van der Waals surface area contributed by atoms with Gasteiger partial charge in [-0.2, -0.15) is 0 Å². The molecule has 0 aromatic rings. The summed E-state index contributed by atoms with van der Waals surface area (Å²) in [7, 11) is 0. The van der Waals surface area contributed by atoms with E-state index < -0.39 is 0 Å². The van der Waals surface area contributed by atoms with Crippen molar-refractivity contribution in [2.75, 3.05) is 0 Å². The van der Waals surface area contributed by atoms with Gasteiger partial charge in [0.2, 0.25) is 0 Å². The highest BCUT2D eigenvalue weighted by atomic mass is 16.3. The summed E-state index contributed by atoms with van der Waals surface area (Å²) < 4.78 is 0. The van der Waals surface area contributed by atoms with Gasteiger partial charge in [0.15, 0.2) is 0 Å². The predicted octanol–water partition coefficient (Wildman–Crippen LogP) is 3.36. The van der Waals surface area contributed by atoms with Crippen molar-refractivity contribution < 1.29 is 5.11 Å². The van der Waals surface area contributed by atoms with Crippen LogP contribution in [-0.2, 0) is 0 Å². The van der Waals surface area contributed by atoms with E-state index in [0.29, 0.717) is 11.3 Å². The van der Waals surface area contributed by atoms with Gasteiger partial charge in [0, 0.05) is 0 Å². The molecule has 2 aliphatic carbocycles. The second-order valence-corrected chi connectivity index (χ2v) is 6.52. The lowest BCUT2D eigenvalue weighted by atomic mass is 9.64. The minimum Gasteiger partial charge on any atom is -0.390 e. The van der Waals surface area contributed by atoms with E-state index in [-0.39, 0.29) is 5.60 Å². The molecule has 14 heavy (non-hydrogen) atoms. The van der Waals surface area contributed by atoms with Crippen LogP contribution in [0.3, 0.4) is 0 Å². The first kappa shape index (κ1) is 10.5. The lowest BCUT2D eigenvalue weighted by molar-refractivity contribution is -0.0801. The maximum Gasteiger partial charge on any atom is 0.0676 e. The van der Waals surface area contributed by atoms with Crippen molar-refractivity contribution in [1.82, 2.24) is 0 Å². The first-order valence-corrected chi connectivity index (χ1v) is 6.14. The summed E-state index contributed by atoms with van der Waals surface area (Å²) in [6.07, 6.45) is 7.20. The summed E-state index contributed by atoms with van der Waals surface area (Å²) >= 11 is 0. The SMILES string of the molecule is CC1CC(C)(C)CCC1(O)CC1CC1. The minimum absolute atomic E-state index is 0.323. The molecule has 2 atom stereocenters. The van der Waals surface area contributed by atoms with E-state index in [1.807, 2.05) is 0 Å². The summed E-state index contributed by atoms with van der Waals surface area (Å²) in [6, 6.07) is 0. The Morgan fingerprint density at radius 1 is 1.21 bits per heavy atom. The average Bonchev–Trinajstić information content (AvgIpc) is 2.82. The third-order valence-electron chi connectivity index (χ3n) is 4.35. The summed E-state index contributed by atoms with van der Waals surface area (Å²) in [5.74, 6) is 1.34. The molecular formula is C13H24O. The number of rotatable bonds is 2. The van der Waals surface area contributed by atoms with Crippen molar-refractivity contribution in [3.63, 3.8) is 0 Å². The van der Waals surface area contributed by atoms with Gasteiger partial charge in [-0.1, -0.05) is 33.6 Å². The Labute approximate surface area is 87.9 Å². The molecule has 2 aliphatic rings. The molecule has 2 rings (SSSR count). The normalized spacial score (nSPS) is 42.4. The van der Waals surface area contributed by atoms with Gasteiger partial charge < -0.3 is 5.11 Å². The highest BCUT2D eigenvalue weighted by Gasteiger charge is 2.44. The first-order valence-electron chi connectivity index (χ1n) is 6.14. The summed E-state index contributed by atoms with van der Waals surface area (Å²) in [5, 5.41) is 10.6. The average molecular weight is 196 g/mol. The monoisotopic (exact) mass is 196 g/mol. The van der Waals surface area contributed by atoms with Crippen LogP contribution in [0.15, 0.2) is 0 Å². The second-order valence-electron chi connectivity index (χ2n) is 6.52. The van der Waals surface area contributed by atoms with Crippen LogP contribution in [0.5, 0.6) is 0 Å². The van der Waals surface area contributed by atoms with Crippen LogP contribution >= 0.6 is 0 Å². The third kappa shape index (κ3) is 2.13. The minimum atomic E-state index is -0.323. The molecular weight excluding hydrogens is 172 g/mol. The Morgan fingerprint density at radius 3 is 2.36 bits per heavy atom. The van der Waals surface area contributed by atoms with Crippen LogP contribution < -0.4 is 0 Å². The van der Waals surface area contributed by atoms with Crippen molar-refractivity contribution in [2.24, 2.45) is 17.3 Å². The number of hydrogen-bond acceptors (Lipinski definition) is 1. The molecule has 0 aromatic heterocycles. The Hall–Kier alpha value is -0.0400. The van der Waals surface area contributed by atoms with E-state index >= 15 is 0 Å². The predicted molar refractivity (Wildman–Crippen MR) is 59.1 cm³/mol. The Morgan fingerprint density at radius 2 is 1.86 bits per heavy atom. The van der Waals surface area contributed by atoms with Crippen LogP contribution in [0.1, 0.15) is 59.3 Å². The highest BCUT2D eigenvalue weighted by molar-refractivity contribution is 4.96. The zero-order valence-corrected chi connectivity index (χ0v) is 9.84. The smallest absolute Gasteiger partial charge is 0.0676 e. The van der Waals surface area contributed by atoms with Gasteiger partial charge in [-0.25, -0.2) is 0 Å². The summed E-state index contributed by atoms with van der Waals surface area (Å²) in [4.78, 5) is 0. The molecule has 1 nitrogen and oxygen atoms in total. The molecule has 0 amide bonds. The van der Waals surface area contributed by atoms with Gasteiger partial charge in [-0.05, 0) is 42.9 Å². The summed E-state index contributed by atoms with van der Waals surface area (Å²) in [6.45, 7) is 6.91. The van der Waals surface area contributed by atoms with Gasteiger partial charge >= 0.3 is 0 Å². The van der Waals surface area contributed by atoms with Crippen molar-refractivity contribution in [1.29, 1.82) is 0 Å². The zero-order chi connectivity index (χ0) is 10.4. The molecule has 1 heteroatoms. The molecule has 0 aliphatic heterocycles. The molecule has 1 N–H and O–H groups in total. The molecule has 2 saturated carbocycles. The van der Waals surface area contributed by atoms with E-state index in [9.17, 15) is 5.11 Å². The molecule has 0 aromatic carbocycles. The van der Waals surface area contributed by atoms with Gasteiger partial charge in [0.25, 0.3) is 0 Å². The topological polar surface area (TPSA) is 20.2 Å². The van der Waals surface area contributed by atoms with Crippen molar-refractivity contribution in [3.05, 3.63) is 0 Å².